The normalized spacial score (nSPS) is 17.5. The molecule has 0 saturated carbocycles. The summed E-state index contributed by atoms with van der Waals surface area (Å²) < 4.78 is 11.3. The number of para-hydroxylation sites is 1. The number of anilines is 1. The van der Waals surface area contributed by atoms with Gasteiger partial charge in [0, 0.05) is 0 Å². The summed E-state index contributed by atoms with van der Waals surface area (Å²) in [6.45, 7) is 4.32. The first-order valence-electron chi connectivity index (χ1n) is 8.34. The van der Waals surface area contributed by atoms with Crippen LogP contribution in [0.5, 0.6) is 11.5 Å². The van der Waals surface area contributed by atoms with E-state index in [9.17, 15) is 4.79 Å². The van der Waals surface area contributed by atoms with Gasteiger partial charge in [0.1, 0.15) is 0 Å². The van der Waals surface area contributed by atoms with Crippen molar-refractivity contribution in [2.24, 2.45) is 0 Å². The number of hydrogen-bond donors (Lipinski definition) is 0. The number of hydrogen-bond acceptors (Lipinski definition) is 5. The fraction of sp³-hybridized carbons (Fsp3) is 0.200. The lowest BCUT2D eigenvalue weighted by Crippen LogP contribution is -2.29. The van der Waals surface area contributed by atoms with Gasteiger partial charge < -0.3 is 9.47 Å². The van der Waals surface area contributed by atoms with E-state index in [1.807, 2.05) is 49.4 Å². The summed E-state index contributed by atoms with van der Waals surface area (Å²) in [5.41, 5.74) is 3.96. The summed E-state index contributed by atoms with van der Waals surface area (Å²) in [4.78, 5) is 15.3. The highest BCUT2D eigenvalue weighted by Crippen LogP contribution is 2.40. The molecule has 2 heterocycles. The minimum absolute atomic E-state index is 0.0818. The maximum absolute atomic E-state index is 13.1. The highest BCUT2D eigenvalue weighted by atomic mass is 32.2. The van der Waals surface area contributed by atoms with Crippen LogP contribution in [0.15, 0.2) is 41.3 Å². The summed E-state index contributed by atoms with van der Waals surface area (Å²) in [7, 11) is 0. The second-order valence-electron chi connectivity index (χ2n) is 6.07. The van der Waals surface area contributed by atoms with Crippen molar-refractivity contribution in [3.05, 3.63) is 58.0 Å². The van der Waals surface area contributed by atoms with Gasteiger partial charge in [0.25, 0.3) is 5.91 Å². The average molecular weight is 383 g/mol. The second-order valence-corrected chi connectivity index (χ2v) is 7.74. The molecule has 26 heavy (non-hydrogen) atoms. The highest BCUT2D eigenvalue weighted by molar-refractivity contribution is 8.27. The predicted molar refractivity (Wildman–Crippen MR) is 109 cm³/mol. The molecule has 2 aliphatic rings. The molecule has 0 atom stereocenters. The van der Waals surface area contributed by atoms with E-state index in [0.717, 1.165) is 34.5 Å². The lowest BCUT2D eigenvalue weighted by atomic mass is 10.0. The monoisotopic (exact) mass is 383 g/mol. The van der Waals surface area contributed by atoms with E-state index >= 15 is 0 Å². The van der Waals surface area contributed by atoms with Crippen LogP contribution in [-0.4, -0.2) is 17.0 Å². The number of thiocarbonyl (C=S) groups is 1. The van der Waals surface area contributed by atoms with Crippen LogP contribution in [0.25, 0.3) is 6.08 Å². The summed E-state index contributed by atoms with van der Waals surface area (Å²) in [6.07, 6.45) is 2.69. The van der Waals surface area contributed by atoms with E-state index in [1.54, 1.807) is 4.90 Å². The molecular weight excluding hydrogens is 366 g/mol. The van der Waals surface area contributed by atoms with Crippen molar-refractivity contribution >= 4 is 46.0 Å². The van der Waals surface area contributed by atoms with Gasteiger partial charge in [0.05, 0.1) is 10.6 Å². The van der Waals surface area contributed by atoms with Gasteiger partial charge in [-0.1, -0.05) is 55.2 Å². The molecule has 0 aliphatic carbocycles. The maximum Gasteiger partial charge on any atom is 0.270 e. The Morgan fingerprint density at radius 2 is 2.04 bits per heavy atom. The number of ether oxygens (including phenoxy) is 2. The number of nitrogens with zero attached hydrogens (tertiary/aromatic N) is 1. The Hall–Kier alpha value is -2.31. The SMILES string of the molecule is CCc1cccc(C)c1N1C(=O)/C(=C/c2ccc3c(c2)OCO3)SC1=S. The number of benzene rings is 2. The first kappa shape index (κ1) is 17.1. The molecule has 0 radical (unpaired) electrons. The van der Waals surface area contributed by atoms with Crippen LogP contribution >= 0.6 is 24.0 Å². The van der Waals surface area contributed by atoms with Crippen LogP contribution in [0, 0.1) is 6.92 Å². The Balaban J connectivity index is 1.70. The lowest BCUT2D eigenvalue weighted by Gasteiger charge is -2.20. The Labute approximate surface area is 161 Å². The van der Waals surface area contributed by atoms with Crippen LogP contribution in [0.4, 0.5) is 5.69 Å². The quantitative estimate of drug-likeness (QED) is 0.568. The molecule has 132 valence electrons. The molecule has 6 heteroatoms. The fourth-order valence-corrected chi connectivity index (χ4v) is 4.41. The van der Waals surface area contributed by atoms with Gasteiger partial charge in [-0.05, 0) is 48.2 Å². The molecule has 2 aromatic rings. The van der Waals surface area contributed by atoms with Crippen molar-refractivity contribution in [2.75, 3.05) is 11.7 Å². The Bertz CT molecular complexity index is 952. The predicted octanol–water partition coefficient (Wildman–Crippen LogP) is 4.69. The second kappa shape index (κ2) is 6.78. The van der Waals surface area contributed by atoms with E-state index < -0.39 is 0 Å². The minimum atomic E-state index is -0.0818. The molecule has 0 N–H and O–H groups in total. The van der Waals surface area contributed by atoms with Crippen molar-refractivity contribution in [3.8, 4) is 11.5 Å². The molecule has 2 aliphatic heterocycles. The van der Waals surface area contributed by atoms with Gasteiger partial charge in [-0.3, -0.25) is 9.69 Å². The molecule has 4 nitrogen and oxygen atoms in total. The third-order valence-electron chi connectivity index (χ3n) is 4.41. The summed E-state index contributed by atoms with van der Waals surface area (Å²) in [5.74, 6) is 1.34. The van der Waals surface area contributed by atoms with Gasteiger partial charge in [0.15, 0.2) is 15.8 Å². The van der Waals surface area contributed by atoms with E-state index in [2.05, 4.69) is 6.92 Å². The average Bonchev–Trinajstić information content (AvgIpc) is 3.20. The topological polar surface area (TPSA) is 38.8 Å². The molecule has 0 bridgehead atoms. The molecule has 4 rings (SSSR count). The summed E-state index contributed by atoms with van der Waals surface area (Å²) >= 11 is 6.85. The van der Waals surface area contributed by atoms with E-state index in [0.29, 0.717) is 15.0 Å². The van der Waals surface area contributed by atoms with Crippen molar-refractivity contribution in [1.29, 1.82) is 0 Å². The Morgan fingerprint density at radius 1 is 1.23 bits per heavy atom. The number of carbonyl (C=O) groups excluding carboxylic acids is 1. The number of rotatable bonds is 3. The van der Waals surface area contributed by atoms with Crippen molar-refractivity contribution in [1.82, 2.24) is 0 Å². The molecule has 1 saturated heterocycles. The van der Waals surface area contributed by atoms with Gasteiger partial charge in [0.2, 0.25) is 6.79 Å². The van der Waals surface area contributed by atoms with Crippen molar-refractivity contribution in [2.45, 2.75) is 20.3 Å². The first-order chi connectivity index (χ1) is 12.6. The minimum Gasteiger partial charge on any atom is -0.454 e. The standard InChI is InChI=1S/C20H17NO3S2/c1-3-14-6-4-5-12(2)18(14)21-19(22)17(26-20(21)25)10-13-7-8-15-16(9-13)24-11-23-15/h4-10H,3,11H2,1-2H3/b17-10-. The fourth-order valence-electron chi connectivity index (χ4n) is 3.14. The van der Waals surface area contributed by atoms with Crippen LogP contribution in [0.1, 0.15) is 23.6 Å². The lowest BCUT2D eigenvalue weighted by molar-refractivity contribution is -0.113. The van der Waals surface area contributed by atoms with Crippen LogP contribution in [0.3, 0.4) is 0 Å². The number of fused-ring (bicyclic) bond motifs is 1. The molecule has 2 aromatic carbocycles. The Kier molecular flexibility index (Phi) is 4.46. The highest BCUT2D eigenvalue weighted by Gasteiger charge is 2.35. The van der Waals surface area contributed by atoms with Crippen LogP contribution in [0.2, 0.25) is 0 Å². The maximum atomic E-state index is 13.1. The van der Waals surface area contributed by atoms with Gasteiger partial charge >= 0.3 is 0 Å². The number of aryl methyl sites for hydroxylation is 2. The van der Waals surface area contributed by atoms with E-state index in [1.165, 1.54) is 11.8 Å². The largest absolute Gasteiger partial charge is 0.454 e. The number of carbonyl (C=O) groups is 1. The summed E-state index contributed by atoms with van der Waals surface area (Å²) in [5, 5.41) is 0. The van der Waals surface area contributed by atoms with E-state index in [4.69, 9.17) is 21.7 Å². The zero-order valence-electron chi connectivity index (χ0n) is 14.4. The van der Waals surface area contributed by atoms with Crippen LogP contribution in [-0.2, 0) is 11.2 Å². The number of thioether (sulfide) groups is 1. The number of amides is 1. The third-order valence-corrected chi connectivity index (χ3v) is 5.72. The Morgan fingerprint density at radius 3 is 2.85 bits per heavy atom. The smallest absolute Gasteiger partial charge is 0.270 e. The molecule has 0 unspecified atom stereocenters. The van der Waals surface area contributed by atoms with Gasteiger partial charge in [-0.15, -0.1) is 0 Å². The molecular formula is C20H17NO3S2. The van der Waals surface area contributed by atoms with Gasteiger partial charge in [-0.25, -0.2) is 0 Å². The zero-order chi connectivity index (χ0) is 18.3. The molecule has 0 aromatic heterocycles. The molecule has 1 fully saturated rings. The van der Waals surface area contributed by atoms with E-state index in [-0.39, 0.29) is 12.7 Å². The zero-order valence-corrected chi connectivity index (χ0v) is 16.1. The van der Waals surface area contributed by atoms with Crippen molar-refractivity contribution < 1.29 is 14.3 Å². The molecule has 0 spiro atoms. The van der Waals surface area contributed by atoms with Crippen molar-refractivity contribution in [3.63, 3.8) is 0 Å². The third kappa shape index (κ3) is 2.89. The van der Waals surface area contributed by atoms with Crippen LogP contribution < -0.4 is 14.4 Å². The summed E-state index contributed by atoms with van der Waals surface area (Å²) in [6, 6.07) is 11.7. The van der Waals surface area contributed by atoms with Gasteiger partial charge in [-0.2, -0.15) is 0 Å². The molecule has 1 amide bonds. The first-order valence-corrected chi connectivity index (χ1v) is 9.57.